The molecular weight excluding hydrogens is 525 g/mol. The van der Waals surface area contributed by atoms with Gasteiger partial charge in [0.2, 0.25) is 0 Å². The lowest BCUT2D eigenvalue weighted by atomic mass is 10.1. The van der Waals surface area contributed by atoms with Gasteiger partial charge < -0.3 is 4.74 Å². The van der Waals surface area contributed by atoms with Crippen LogP contribution in [0.5, 0.6) is 5.75 Å². The summed E-state index contributed by atoms with van der Waals surface area (Å²) < 4.78 is 20.1. The molecule has 27 heavy (non-hydrogen) atoms. The lowest BCUT2D eigenvalue weighted by molar-refractivity contribution is -0.123. The topological polar surface area (TPSA) is 46.6 Å². The van der Waals surface area contributed by atoms with Gasteiger partial charge >= 0.3 is 0 Å². The third kappa shape index (κ3) is 4.39. The largest absolute Gasteiger partial charge is 0.495 e. The summed E-state index contributed by atoms with van der Waals surface area (Å²) in [7, 11) is 1.52. The van der Waals surface area contributed by atoms with Crippen LogP contribution in [0.25, 0.3) is 6.08 Å². The molecule has 0 bridgehead atoms. The monoisotopic (exact) mass is 533 g/mol. The third-order valence-corrected chi connectivity index (χ3v) is 6.05. The van der Waals surface area contributed by atoms with Crippen molar-refractivity contribution in [2.24, 2.45) is 0 Å². The van der Waals surface area contributed by atoms with Gasteiger partial charge in [0, 0.05) is 15.1 Å². The number of amides is 2. The van der Waals surface area contributed by atoms with Crippen molar-refractivity contribution in [3.63, 3.8) is 0 Å². The van der Waals surface area contributed by atoms with Crippen LogP contribution < -0.4 is 4.74 Å². The molecule has 0 N–H and O–H groups in total. The SMILES string of the molecule is COc1c(Br)cc(Br)cc1/C=C1\SC(=O)N(Cc2ccc(F)cc2Cl)C1=O. The fourth-order valence-corrected chi connectivity index (χ4v) is 4.98. The summed E-state index contributed by atoms with van der Waals surface area (Å²) in [6.45, 7) is -0.0273. The Morgan fingerprint density at radius 3 is 2.67 bits per heavy atom. The first-order chi connectivity index (χ1) is 12.8. The van der Waals surface area contributed by atoms with Crippen LogP contribution in [0.2, 0.25) is 5.02 Å². The fourth-order valence-electron chi connectivity index (χ4n) is 2.50. The van der Waals surface area contributed by atoms with E-state index >= 15 is 0 Å². The van der Waals surface area contributed by atoms with Crippen molar-refractivity contribution in [1.82, 2.24) is 4.90 Å². The summed E-state index contributed by atoms with van der Waals surface area (Å²) in [5, 5.41) is -0.254. The Hall–Kier alpha value is -1.35. The summed E-state index contributed by atoms with van der Waals surface area (Å²) >= 11 is 13.6. The molecule has 2 aromatic carbocycles. The van der Waals surface area contributed by atoms with E-state index < -0.39 is 17.0 Å². The van der Waals surface area contributed by atoms with Gasteiger partial charge in [-0.3, -0.25) is 14.5 Å². The van der Waals surface area contributed by atoms with E-state index in [1.54, 1.807) is 12.1 Å². The number of imide groups is 1. The molecule has 1 fully saturated rings. The highest BCUT2D eigenvalue weighted by atomic mass is 79.9. The highest BCUT2D eigenvalue weighted by Crippen LogP contribution is 2.38. The van der Waals surface area contributed by atoms with Crippen molar-refractivity contribution in [1.29, 1.82) is 0 Å². The van der Waals surface area contributed by atoms with Crippen LogP contribution in [-0.4, -0.2) is 23.2 Å². The zero-order valence-electron chi connectivity index (χ0n) is 13.8. The minimum absolute atomic E-state index is 0.0273. The number of thioether (sulfide) groups is 1. The van der Waals surface area contributed by atoms with Crippen molar-refractivity contribution in [2.75, 3.05) is 7.11 Å². The van der Waals surface area contributed by atoms with E-state index in [0.717, 1.165) is 27.2 Å². The fraction of sp³-hybridized carbons (Fsp3) is 0.111. The highest BCUT2D eigenvalue weighted by Gasteiger charge is 2.35. The number of carbonyl (C=O) groups excluding carboxylic acids is 2. The lowest BCUT2D eigenvalue weighted by Gasteiger charge is -2.13. The number of carbonyl (C=O) groups is 2. The number of hydrogen-bond acceptors (Lipinski definition) is 4. The number of rotatable bonds is 4. The first kappa shape index (κ1) is 20.4. The normalized spacial score (nSPS) is 15.7. The van der Waals surface area contributed by atoms with Gasteiger partial charge in [-0.05, 0) is 63.6 Å². The molecule has 0 atom stereocenters. The summed E-state index contributed by atoms with van der Waals surface area (Å²) in [4.78, 5) is 26.4. The minimum atomic E-state index is -0.481. The first-order valence-corrected chi connectivity index (χ1v) is 10.3. The van der Waals surface area contributed by atoms with E-state index in [4.69, 9.17) is 16.3 Å². The summed E-state index contributed by atoms with van der Waals surface area (Å²) in [5.74, 6) is -0.375. The zero-order valence-corrected chi connectivity index (χ0v) is 18.5. The van der Waals surface area contributed by atoms with Gasteiger partial charge in [-0.25, -0.2) is 4.39 Å². The average molecular weight is 536 g/mol. The Bertz CT molecular complexity index is 983. The van der Waals surface area contributed by atoms with E-state index in [0.29, 0.717) is 21.3 Å². The molecule has 1 aliphatic rings. The highest BCUT2D eigenvalue weighted by molar-refractivity contribution is 9.11. The van der Waals surface area contributed by atoms with Gasteiger partial charge in [0.25, 0.3) is 11.1 Å². The van der Waals surface area contributed by atoms with Crippen LogP contribution in [0, 0.1) is 5.82 Å². The van der Waals surface area contributed by atoms with Crippen LogP contribution in [0.3, 0.4) is 0 Å². The summed E-state index contributed by atoms with van der Waals surface area (Å²) in [5.41, 5.74) is 1.13. The second kappa shape index (κ2) is 8.34. The van der Waals surface area contributed by atoms with Gasteiger partial charge in [-0.15, -0.1) is 0 Å². The molecular formula is C18H11Br2ClFNO3S. The number of benzene rings is 2. The van der Waals surface area contributed by atoms with Crippen LogP contribution in [0.15, 0.2) is 44.2 Å². The smallest absolute Gasteiger partial charge is 0.293 e. The predicted octanol–water partition coefficient (Wildman–Crippen LogP) is 6.25. The van der Waals surface area contributed by atoms with Crippen LogP contribution in [-0.2, 0) is 11.3 Å². The number of hydrogen-bond donors (Lipinski definition) is 0. The number of halogens is 4. The standard InChI is InChI=1S/C18H11Br2ClFNO3S/c1-26-16-10(4-11(19)6-13(16)20)5-15-17(24)23(18(25)27-15)8-9-2-3-12(22)7-14(9)21/h2-7H,8H2,1H3/b15-5-. The van der Waals surface area contributed by atoms with E-state index in [9.17, 15) is 14.0 Å². The maximum atomic E-state index is 13.2. The molecule has 0 aromatic heterocycles. The quantitative estimate of drug-likeness (QED) is 0.435. The molecule has 3 rings (SSSR count). The number of ether oxygens (including phenoxy) is 1. The van der Waals surface area contributed by atoms with Gasteiger partial charge in [0.15, 0.2) is 0 Å². The Morgan fingerprint density at radius 1 is 1.26 bits per heavy atom. The molecule has 0 unspecified atom stereocenters. The lowest BCUT2D eigenvalue weighted by Crippen LogP contribution is -2.27. The minimum Gasteiger partial charge on any atom is -0.495 e. The number of nitrogens with zero attached hydrogens (tertiary/aromatic N) is 1. The van der Waals surface area contributed by atoms with E-state index in [-0.39, 0.29) is 16.5 Å². The van der Waals surface area contributed by atoms with E-state index in [1.807, 2.05) is 6.07 Å². The van der Waals surface area contributed by atoms with E-state index in [2.05, 4.69) is 31.9 Å². The average Bonchev–Trinajstić information content (AvgIpc) is 2.84. The molecule has 4 nitrogen and oxygen atoms in total. The third-order valence-electron chi connectivity index (χ3n) is 3.74. The summed E-state index contributed by atoms with van der Waals surface area (Å²) in [6.07, 6.45) is 1.60. The van der Waals surface area contributed by atoms with Crippen molar-refractivity contribution >= 4 is 72.4 Å². The predicted molar refractivity (Wildman–Crippen MR) is 111 cm³/mol. The first-order valence-electron chi connectivity index (χ1n) is 7.52. The van der Waals surface area contributed by atoms with E-state index in [1.165, 1.54) is 19.2 Å². The van der Waals surface area contributed by atoms with Crippen molar-refractivity contribution < 1.29 is 18.7 Å². The molecule has 2 aromatic rings. The maximum absolute atomic E-state index is 13.2. The second-order valence-electron chi connectivity index (χ2n) is 5.51. The molecule has 0 aliphatic carbocycles. The molecule has 0 saturated carbocycles. The van der Waals surface area contributed by atoms with Crippen LogP contribution >= 0.6 is 55.2 Å². The van der Waals surface area contributed by atoms with Crippen LogP contribution in [0.1, 0.15) is 11.1 Å². The zero-order chi connectivity index (χ0) is 19.7. The molecule has 9 heteroatoms. The van der Waals surface area contributed by atoms with Gasteiger partial charge in [-0.1, -0.05) is 33.6 Å². The molecule has 0 spiro atoms. The Balaban J connectivity index is 1.91. The maximum Gasteiger partial charge on any atom is 0.293 e. The Kier molecular flexibility index (Phi) is 6.30. The number of methoxy groups -OCH3 is 1. The van der Waals surface area contributed by atoms with Gasteiger partial charge in [0.1, 0.15) is 11.6 Å². The molecule has 2 amide bonds. The summed E-state index contributed by atoms with van der Waals surface area (Å²) in [6, 6.07) is 7.45. The molecule has 140 valence electrons. The Labute approximate surface area is 181 Å². The molecule has 1 aliphatic heterocycles. The van der Waals surface area contributed by atoms with Crippen molar-refractivity contribution in [3.05, 3.63) is 66.1 Å². The molecule has 1 heterocycles. The molecule has 1 saturated heterocycles. The van der Waals surface area contributed by atoms with Crippen LogP contribution in [0.4, 0.5) is 9.18 Å². The second-order valence-corrected chi connectivity index (χ2v) is 8.68. The van der Waals surface area contributed by atoms with Gasteiger partial charge in [-0.2, -0.15) is 0 Å². The van der Waals surface area contributed by atoms with Crippen molar-refractivity contribution in [3.8, 4) is 5.75 Å². The van der Waals surface area contributed by atoms with Gasteiger partial charge in [0.05, 0.1) is 23.0 Å². The molecule has 0 radical (unpaired) electrons. The van der Waals surface area contributed by atoms with Crippen molar-refractivity contribution in [2.45, 2.75) is 6.54 Å². The Morgan fingerprint density at radius 2 is 2.00 bits per heavy atom.